The first-order chi connectivity index (χ1) is 17.9. The number of nitrogens with one attached hydrogen (secondary N) is 2. The van der Waals surface area contributed by atoms with Gasteiger partial charge in [0.1, 0.15) is 11.6 Å². The van der Waals surface area contributed by atoms with Gasteiger partial charge in [-0.05, 0) is 55.7 Å². The van der Waals surface area contributed by atoms with Crippen LogP contribution in [0.3, 0.4) is 0 Å². The van der Waals surface area contributed by atoms with Crippen LogP contribution in [0.1, 0.15) is 19.3 Å². The average Bonchev–Trinajstić information content (AvgIpc) is 3.33. The van der Waals surface area contributed by atoms with Gasteiger partial charge in [-0.15, -0.1) is 0 Å². The third kappa shape index (κ3) is 6.18. The fourth-order valence-corrected chi connectivity index (χ4v) is 4.47. The van der Waals surface area contributed by atoms with E-state index in [-0.39, 0.29) is 5.69 Å². The molecule has 5 rings (SSSR count). The number of rotatable bonds is 6. The van der Waals surface area contributed by atoms with Crippen molar-refractivity contribution < 1.29 is 13.9 Å². The second kappa shape index (κ2) is 10.9. The molecule has 190 valence electrons. The zero-order valence-electron chi connectivity index (χ0n) is 20.2. The van der Waals surface area contributed by atoms with E-state index in [0.29, 0.717) is 28.0 Å². The van der Waals surface area contributed by atoms with Gasteiger partial charge in [0, 0.05) is 60.4 Å². The molecular formula is C27H26ClFN6O2. The molecule has 1 aliphatic heterocycles. The van der Waals surface area contributed by atoms with Crippen LogP contribution >= 0.6 is 11.6 Å². The summed E-state index contributed by atoms with van der Waals surface area (Å²) in [6, 6.07) is 14.3. The number of ether oxygens (including phenoxy) is 1. The summed E-state index contributed by atoms with van der Waals surface area (Å²) >= 11 is 6.30. The van der Waals surface area contributed by atoms with Crippen LogP contribution < -0.4 is 20.3 Å². The van der Waals surface area contributed by atoms with Crippen molar-refractivity contribution in [3.63, 3.8) is 0 Å². The Morgan fingerprint density at radius 3 is 2.68 bits per heavy atom. The Kier molecular flexibility index (Phi) is 7.23. The smallest absolute Gasteiger partial charge is 0.323 e. The van der Waals surface area contributed by atoms with Crippen LogP contribution in [0.15, 0.2) is 67.0 Å². The van der Waals surface area contributed by atoms with E-state index in [9.17, 15) is 9.18 Å². The second-order valence-corrected chi connectivity index (χ2v) is 9.27. The molecule has 2 amide bonds. The Hall–Kier alpha value is -4.11. The Labute approximate surface area is 219 Å². The van der Waals surface area contributed by atoms with Crippen LogP contribution in [0.25, 0.3) is 11.3 Å². The van der Waals surface area contributed by atoms with Crippen molar-refractivity contribution in [3.8, 4) is 22.9 Å². The van der Waals surface area contributed by atoms with Crippen LogP contribution in [0, 0.1) is 5.82 Å². The Balaban J connectivity index is 1.27. The van der Waals surface area contributed by atoms with Gasteiger partial charge in [0.25, 0.3) is 0 Å². The second-order valence-electron chi connectivity index (χ2n) is 8.83. The quantitative estimate of drug-likeness (QED) is 0.295. The van der Waals surface area contributed by atoms with Gasteiger partial charge < -0.3 is 20.3 Å². The van der Waals surface area contributed by atoms with Gasteiger partial charge in [0.2, 0.25) is 5.88 Å². The molecule has 1 aliphatic rings. The number of urea groups is 1. The van der Waals surface area contributed by atoms with Crippen molar-refractivity contribution in [1.82, 2.24) is 14.8 Å². The van der Waals surface area contributed by atoms with E-state index >= 15 is 0 Å². The van der Waals surface area contributed by atoms with Gasteiger partial charge >= 0.3 is 6.03 Å². The maximum absolute atomic E-state index is 14.5. The SMILES string of the molecule is Cn1cc(-c2cccc(Oc3ccc(F)c(NC(=O)Nc4cc(Cl)cc(N5CCCCC5)c4)c3)n2)cn1. The average molecular weight is 521 g/mol. The highest BCUT2D eigenvalue weighted by atomic mass is 35.5. The molecule has 3 heterocycles. The van der Waals surface area contributed by atoms with Crippen LogP contribution in [0.5, 0.6) is 11.6 Å². The van der Waals surface area contributed by atoms with Crippen LogP contribution in [0.2, 0.25) is 5.02 Å². The number of pyridine rings is 1. The van der Waals surface area contributed by atoms with E-state index in [1.54, 1.807) is 23.0 Å². The summed E-state index contributed by atoms with van der Waals surface area (Å²) in [6.07, 6.45) is 7.01. The maximum Gasteiger partial charge on any atom is 0.323 e. The first-order valence-electron chi connectivity index (χ1n) is 12.0. The number of anilines is 3. The number of carbonyl (C=O) groups is 1. The molecule has 10 heteroatoms. The highest BCUT2D eigenvalue weighted by molar-refractivity contribution is 6.31. The van der Waals surface area contributed by atoms with Gasteiger partial charge in [-0.2, -0.15) is 5.10 Å². The number of hydrogen-bond acceptors (Lipinski definition) is 5. The number of aromatic nitrogens is 3. The van der Waals surface area contributed by atoms with Gasteiger partial charge in [-0.3, -0.25) is 4.68 Å². The van der Waals surface area contributed by atoms with Crippen molar-refractivity contribution >= 4 is 34.7 Å². The van der Waals surface area contributed by atoms with E-state index in [4.69, 9.17) is 16.3 Å². The monoisotopic (exact) mass is 520 g/mol. The molecule has 2 aromatic carbocycles. The van der Waals surface area contributed by atoms with Crippen molar-refractivity contribution in [2.75, 3.05) is 28.6 Å². The summed E-state index contributed by atoms with van der Waals surface area (Å²) in [5.41, 5.74) is 2.98. The summed E-state index contributed by atoms with van der Waals surface area (Å²) in [5, 5.41) is 9.97. The summed E-state index contributed by atoms with van der Waals surface area (Å²) in [6.45, 7) is 1.90. The lowest BCUT2D eigenvalue weighted by atomic mass is 10.1. The highest BCUT2D eigenvalue weighted by Gasteiger charge is 2.15. The largest absolute Gasteiger partial charge is 0.439 e. The molecule has 1 saturated heterocycles. The molecule has 37 heavy (non-hydrogen) atoms. The summed E-state index contributed by atoms with van der Waals surface area (Å²) < 4.78 is 22.0. The molecule has 8 nitrogen and oxygen atoms in total. The van der Waals surface area contributed by atoms with E-state index < -0.39 is 11.8 Å². The number of hydrogen-bond donors (Lipinski definition) is 2. The number of aryl methyl sites for hydroxylation is 1. The zero-order valence-corrected chi connectivity index (χ0v) is 21.0. The topological polar surface area (TPSA) is 84.3 Å². The molecule has 0 radical (unpaired) electrons. The van der Waals surface area contributed by atoms with Crippen molar-refractivity contribution in [2.24, 2.45) is 7.05 Å². The minimum absolute atomic E-state index is 0.0308. The predicted molar refractivity (Wildman–Crippen MR) is 143 cm³/mol. The lowest BCUT2D eigenvalue weighted by molar-refractivity contribution is 0.262. The van der Waals surface area contributed by atoms with Crippen molar-refractivity contribution in [1.29, 1.82) is 0 Å². The Bertz CT molecular complexity index is 1420. The van der Waals surface area contributed by atoms with Crippen LogP contribution in [0.4, 0.5) is 26.2 Å². The summed E-state index contributed by atoms with van der Waals surface area (Å²) in [7, 11) is 1.83. The molecule has 0 aliphatic carbocycles. The first kappa shape index (κ1) is 24.6. The van der Waals surface area contributed by atoms with E-state index in [1.165, 1.54) is 24.6 Å². The standard InChI is InChI=1S/C27H26ClFN6O2/c1-34-17-18(16-30-34)24-6-5-7-26(32-24)37-22-8-9-23(29)25(15-22)33-27(36)31-20-12-19(28)13-21(14-20)35-10-3-2-4-11-35/h5-9,12-17H,2-4,10-11H2,1H3,(H2,31,33,36). The van der Waals surface area contributed by atoms with Crippen molar-refractivity contribution in [3.05, 3.63) is 77.8 Å². The van der Waals surface area contributed by atoms with Gasteiger partial charge in [0.05, 0.1) is 17.6 Å². The molecular weight excluding hydrogens is 495 g/mol. The number of halogens is 2. The Morgan fingerprint density at radius 1 is 1.05 bits per heavy atom. The van der Waals surface area contributed by atoms with E-state index in [0.717, 1.165) is 37.2 Å². The molecule has 0 saturated carbocycles. The van der Waals surface area contributed by atoms with Crippen LogP contribution in [-0.2, 0) is 7.05 Å². The zero-order chi connectivity index (χ0) is 25.8. The molecule has 4 aromatic rings. The maximum atomic E-state index is 14.5. The number of benzene rings is 2. The lowest BCUT2D eigenvalue weighted by Crippen LogP contribution is -2.29. The molecule has 0 bridgehead atoms. The summed E-state index contributed by atoms with van der Waals surface area (Å²) in [5.74, 6) is 0.0508. The minimum Gasteiger partial charge on any atom is -0.439 e. The van der Waals surface area contributed by atoms with E-state index in [2.05, 4.69) is 25.6 Å². The van der Waals surface area contributed by atoms with Gasteiger partial charge in [-0.25, -0.2) is 14.2 Å². The third-order valence-corrected chi connectivity index (χ3v) is 6.21. The normalized spacial score (nSPS) is 13.3. The third-order valence-electron chi connectivity index (χ3n) is 5.99. The molecule has 0 spiro atoms. The molecule has 2 N–H and O–H groups in total. The fraction of sp³-hybridized carbons (Fsp3) is 0.222. The number of amides is 2. The predicted octanol–water partition coefficient (Wildman–Crippen LogP) is 6.70. The van der Waals surface area contributed by atoms with E-state index in [1.807, 2.05) is 37.5 Å². The summed E-state index contributed by atoms with van der Waals surface area (Å²) in [4.78, 5) is 19.4. The van der Waals surface area contributed by atoms with Gasteiger partial charge in [-0.1, -0.05) is 17.7 Å². The first-order valence-corrected chi connectivity index (χ1v) is 12.4. The number of piperidine rings is 1. The lowest BCUT2D eigenvalue weighted by Gasteiger charge is -2.29. The fourth-order valence-electron chi connectivity index (χ4n) is 4.24. The molecule has 0 atom stereocenters. The molecule has 2 aromatic heterocycles. The molecule has 1 fully saturated rings. The number of nitrogens with zero attached hydrogens (tertiary/aromatic N) is 4. The van der Waals surface area contributed by atoms with Gasteiger partial charge in [0.15, 0.2) is 0 Å². The Morgan fingerprint density at radius 2 is 1.89 bits per heavy atom. The highest BCUT2D eigenvalue weighted by Crippen LogP contribution is 2.29. The van der Waals surface area contributed by atoms with Crippen LogP contribution in [-0.4, -0.2) is 33.9 Å². The minimum atomic E-state index is -0.598. The molecule has 0 unspecified atom stereocenters. The van der Waals surface area contributed by atoms with Crippen molar-refractivity contribution in [2.45, 2.75) is 19.3 Å². The number of carbonyl (C=O) groups excluding carboxylic acids is 1.